The second-order valence-electron chi connectivity index (χ2n) is 5.46. The number of tetrazole rings is 1. The summed E-state index contributed by atoms with van der Waals surface area (Å²) >= 11 is 0. The van der Waals surface area contributed by atoms with Gasteiger partial charge in [0.2, 0.25) is 0 Å². The van der Waals surface area contributed by atoms with E-state index in [9.17, 15) is 0 Å². The highest BCUT2D eigenvalue weighted by atomic mass is 16.5. The first kappa shape index (κ1) is 14.2. The normalized spacial score (nSPS) is 19.8. The summed E-state index contributed by atoms with van der Waals surface area (Å²) in [6.07, 6.45) is 2.18. The molecular formula is C15H21N5O. The monoisotopic (exact) mass is 287 g/mol. The molecule has 6 heteroatoms. The van der Waals surface area contributed by atoms with E-state index < -0.39 is 0 Å². The Bertz CT molecular complexity index is 540. The predicted molar refractivity (Wildman–Crippen MR) is 78.7 cm³/mol. The van der Waals surface area contributed by atoms with E-state index in [0.717, 1.165) is 38.5 Å². The zero-order chi connectivity index (χ0) is 14.5. The smallest absolute Gasteiger partial charge is 0.178 e. The van der Waals surface area contributed by atoms with Crippen molar-refractivity contribution in [1.29, 1.82) is 0 Å². The van der Waals surface area contributed by atoms with Crippen LogP contribution in [0, 0.1) is 0 Å². The number of hydrogen-bond acceptors (Lipinski definition) is 5. The van der Waals surface area contributed by atoms with E-state index in [1.165, 1.54) is 11.1 Å². The summed E-state index contributed by atoms with van der Waals surface area (Å²) in [5.41, 5.74) is 2.54. The molecular weight excluding hydrogens is 266 g/mol. The Balaban J connectivity index is 1.56. The summed E-state index contributed by atoms with van der Waals surface area (Å²) in [5.74, 6) is 0.724. The second-order valence-corrected chi connectivity index (χ2v) is 5.46. The van der Waals surface area contributed by atoms with Gasteiger partial charge in [0.15, 0.2) is 5.82 Å². The van der Waals surface area contributed by atoms with Crippen molar-refractivity contribution in [3.63, 3.8) is 0 Å². The zero-order valence-electron chi connectivity index (χ0n) is 12.3. The van der Waals surface area contributed by atoms with Crippen molar-refractivity contribution in [2.45, 2.75) is 32.4 Å². The molecule has 1 saturated heterocycles. The molecule has 0 radical (unpaired) electrons. The fraction of sp³-hybridized carbons (Fsp3) is 0.533. The highest BCUT2D eigenvalue weighted by Crippen LogP contribution is 2.14. The summed E-state index contributed by atoms with van der Waals surface area (Å²) in [7, 11) is 0. The largest absolute Gasteiger partial charge is 0.376 e. The molecule has 1 N–H and O–H groups in total. The Labute approximate surface area is 124 Å². The van der Waals surface area contributed by atoms with E-state index >= 15 is 0 Å². The van der Waals surface area contributed by atoms with Gasteiger partial charge in [0, 0.05) is 26.1 Å². The first-order valence-electron chi connectivity index (χ1n) is 7.47. The molecule has 112 valence electrons. The van der Waals surface area contributed by atoms with Crippen molar-refractivity contribution in [1.82, 2.24) is 25.5 Å². The number of hydrogen-bond donors (Lipinski definition) is 1. The maximum Gasteiger partial charge on any atom is 0.178 e. The zero-order valence-corrected chi connectivity index (χ0v) is 12.3. The first-order valence-corrected chi connectivity index (χ1v) is 7.47. The minimum atomic E-state index is 0.385. The van der Waals surface area contributed by atoms with Gasteiger partial charge < -0.3 is 4.74 Å². The van der Waals surface area contributed by atoms with Gasteiger partial charge in [0.25, 0.3) is 0 Å². The Morgan fingerprint density at radius 2 is 2.10 bits per heavy atom. The molecule has 0 amide bonds. The Hall–Kier alpha value is -1.79. The number of aromatic amines is 1. The summed E-state index contributed by atoms with van der Waals surface area (Å²) in [5, 5.41) is 14.0. The molecule has 1 aromatic heterocycles. The van der Waals surface area contributed by atoms with Crippen molar-refractivity contribution in [2.24, 2.45) is 0 Å². The lowest BCUT2D eigenvalue weighted by Crippen LogP contribution is -2.41. The summed E-state index contributed by atoms with van der Waals surface area (Å²) < 4.78 is 5.71. The van der Waals surface area contributed by atoms with Gasteiger partial charge in [-0.15, -0.1) is 10.2 Å². The number of nitrogens with zero attached hydrogens (tertiary/aromatic N) is 4. The van der Waals surface area contributed by atoms with Crippen LogP contribution in [0.3, 0.4) is 0 Å². The molecule has 1 aliphatic heterocycles. The average molecular weight is 287 g/mol. The van der Waals surface area contributed by atoms with Crippen molar-refractivity contribution >= 4 is 0 Å². The lowest BCUT2D eigenvalue weighted by Gasteiger charge is -2.32. The van der Waals surface area contributed by atoms with E-state index in [4.69, 9.17) is 4.74 Å². The predicted octanol–water partition coefficient (Wildman–Crippen LogP) is 1.40. The van der Waals surface area contributed by atoms with Gasteiger partial charge in [-0.2, -0.15) is 5.21 Å². The quantitative estimate of drug-likeness (QED) is 0.900. The van der Waals surface area contributed by atoms with Crippen LogP contribution in [0.15, 0.2) is 24.3 Å². The SMILES string of the molecule is CC[C@@H]1CN(Cc2ccc(Cc3nn[nH]n3)cc2)CCO1. The van der Waals surface area contributed by atoms with Crippen LogP contribution in [0.1, 0.15) is 30.3 Å². The van der Waals surface area contributed by atoms with Crippen LogP contribution in [0.5, 0.6) is 0 Å². The topological polar surface area (TPSA) is 66.9 Å². The molecule has 0 unspecified atom stereocenters. The molecule has 2 aromatic rings. The van der Waals surface area contributed by atoms with Crippen molar-refractivity contribution in [2.75, 3.05) is 19.7 Å². The third kappa shape index (κ3) is 3.86. The maximum atomic E-state index is 5.71. The Kier molecular flexibility index (Phi) is 4.57. The van der Waals surface area contributed by atoms with Crippen LogP contribution < -0.4 is 0 Å². The molecule has 1 aliphatic rings. The van der Waals surface area contributed by atoms with Gasteiger partial charge in [-0.05, 0) is 17.5 Å². The van der Waals surface area contributed by atoms with Crippen LogP contribution in [0.25, 0.3) is 0 Å². The van der Waals surface area contributed by atoms with Gasteiger partial charge in [-0.25, -0.2) is 0 Å². The Morgan fingerprint density at radius 1 is 1.29 bits per heavy atom. The van der Waals surface area contributed by atoms with E-state index in [-0.39, 0.29) is 0 Å². The second kappa shape index (κ2) is 6.78. The van der Waals surface area contributed by atoms with Crippen molar-refractivity contribution in [3.8, 4) is 0 Å². The standard InChI is InChI=1S/C15H21N5O/c1-2-14-11-20(7-8-21-14)10-13-5-3-12(4-6-13)9-15-16-18-19-17-15/h3-6,14H,2,7-11H2,1H3,(H,16,17,18,19)/t14-/m1/s1. The molecule has 0 spiro atoms. The number of H-pyrrole nitrogens is 1. The van der Waals surface area contributed by atoms with E-state index in [1.807, 2.05) is 0 Å². The number of aromatic nitrogens is 4. The number of morpholine rings is 1. The van der Waals surface area contributed by atoms with Crippen molar-refractivity contribution < 1.29 is 4.74 Å². The van der Waals surface area contributed by atoms with Gasteiger partial charge in [0.1, 0.15) is 0 Å². The molecule has 2 heterocycles. The molecule has 1 fully saturated rings. The van der Waals surface area contributed by atoms with Gasteiger partial charge in [0.05, 0.1) is 12.7 Å². The summed E-state index contributed by atoms with van der Waals surface area (Å²) in [6.45, 7) is 6.06. The lowest BCUT2D eigenvalue weighted by atomic mass is 10.1. The molecule has 1 aromatic carbocycles. The van der Waals surface area contributed by atoms with Crippen molar-refractivity contribution in [3.05, 3.63) is 41.2 Å². The minimum absolute atomic E-state index is 0.385. The minimum Gasteiger partial charge on any atom is -0.376 e. The van der Waals surface area contributed by atoms with Gasteiger partial charge in [-0.3, -0.25) is 4.90 Å². The number of rotatable bonds is 5. The molecule has 3 rings (SSSR count). The van der Waals surface area contributed by atoms with Crippen LogP contribution in [0.2, 0.25) is 0 Å². The third-order valence-electron chi connectivity index (χ3n) is 3.86. The van der Waals surface area contributed by atoms with E-state index in [2.05, 4.69) is 56.7 Å². The summed E-state index contributed by atoms with van der Waals surface area (Å²) in [6, 6.07) is 8.66. The van der Waals surface area contributed by atoms with E-state index in [1.54, 1.807) is 0 Å². The molecule has 0 bridgehead atoms. The van der Waals surface area contributed by atoms with Gasteiger partial charge in [-0.1, -0.05) is 36.4 Å². The van der Waals surface area contributed by atoms with Crippen LogP contribution >= 0.6 is 0 Å². The van der Waals surface area contributed by atoms with E-state index in [0.29, 0.717) is 12.5 Å². The van der Waals surface area contributed by atoms with Crippen LogP contribution in [-0.2, 0) is 17.7 Å². The maximum absolute atomic E-state index is 5.71. The molecule has 1 atom stereocenters. The van der Waals surface area contributed by atoms with Crippen LogP contribution in [0.4, 0.5) is 0 Å². The molecule has 0 saturated carbocycles. The first-order chi connectivity index (χ1) is 10.3. The van der Waals surface area contributed by atoms with Crippen LogP contribution in [-0.4, -0.2) is 51.3 Å². The molecule has 6 nitrogen and oxygen atoms in total. The molecule has 21 heavy (non-hydrogen) atoms. The highest BCUT2D eigenvalue weighted by Gasteiger charge is 2.18. The molecule has 0 aliphatic carbocycles. The fourth-order valence-electron chi connectivity index (χ4n) is 2.63. The summed E-state index contributed by atoms with van der Waals surface area (Å²) in [4.78, 5) is 2.46. The van der Waals surface area contributed by atoms with Gasteiger partial charge >= 0.3 is 0 Å². The number of benzene rings is 1. The fourth-order valence-corrected chi connectivity index (χ4v) is 2.63. The average Bonchev–Trinajstić information content (AvgIpc) is 3.02. The Morgan fingerprint density at radius 3 is 2.81 bits per heavy atom. The highest BCUT2D eigenvalue weighted by molar-refractivity contribution is 5.24. The third-order valence-corrected chi connectivity index (χ3v) is 3.86. The number of nitrogens with one attached hydrogen (secondary N) is 1. The lowest BCUT2D eigenvalue weighted by molar-refractivity contribution is -0.0324. The number of ether oxygens (including phenoxy) is 1.